The highest BCUT2D eigenvalue weighted by Crippen LogP contribution is 2.47. The Morgan fingerprint density at radius 2 is 2.08 bits per heavy atom. The molecule has 2 saturated carbocycles. The van der Waals surface area contributed by atoms with Crippen LogP contribution in [0.4, 0.5) is 0 Å². The molecule has 12 heavy (non-hydrogen) atoms. The van der Waals surface area contributed by atoms with Gasteiger partial charge >= 0.3 is 0 Å². The summed E-state index contributed by atoms with van der Waals surface area (Å²) in [5.74, 6) is 1.08. The first-order valence-corrected chi connectivity index (χ1v) is 5.44. The zero-order valence-electron chi connectivity index (χ0n) is 8.40. The van der Waals surface area contributed by atoms with Gasteiger partial charge in [-0.25, -0.2) is 0 Å². The summed E-state index contributed by atoms with van der Waals surface area (Å²) >= 11 is 0. The molecule has 0 aromatic heterocycles. The summed E-state index contributed by atoms with van der Waals surface area (Å²) < 4.78 is 0. The Morgan fingerprint density at radius 1 is 1.42 bits per heavy atom. The first-order chi connectivity index (χ1) is 5.71. The quantitative estimate of drug-likeness (QED) is 0.663. The Kier molecular flexibility index (Phi) is 2.16. The van der Waals surface area contributed by atoms with E-state index < -0.39 is 0 Å². The van der Waals surface area contributed by atoms with E-state index in [0.29, 0.717) is 5.41 Å². The Labute approximate surface area is 75.9 Å². The van der Waals surface area contributed by atoms with E-state index in [0.717, 1.165) is 12.0 Å². The van der Waals surface area contributed by atoms with Crippen LogP contribution in [0.5, 0.6) is 0 Å². The molecule has 0 aromatic carbocycles. The van der Waals surface area contributed by atoms with Crippen molar-refractivity contribution >= 4 is 0 Å². The summed E-state index contributed by atoms with van der Waals surface area (Å²) in [4.78, 5) is 0. The van der Waals surface area contributed by atoms with E-state index >= 15 is 0 Å². The molecule has 0 bridgehead atoms. The van der Waals surface area contributed by atoms with Gasteiger partial charge in [0.25, 0.3) is 0 Å². The standard InChI is InChI=1S/C11H21N/c1-9(11(2)6-7-11)12-8-5-10-3-4-10/h9-10,12H,3-8H2,1-2H3. The fraction of sp³-hybridized carbons (Fsp3) is 1.00. The van der Waals surface area contributed by atoms with E-state index in [9.17, 15) is 0 Å². The van der Waals surface area contributed by atoms with E-state index in [-0.39, 0.29) is 0 Å². The van der Waals surface area contributed by atoms with Crippen LogP contribution in [-0.2, 0) is 0 Å². The minimum Gasteiger partial charge on any atom is -0.314 e. The number of hydrogen-bond donors (Lipinski definition) is 1. The van der Waals surface area contributed by atoms with E-state index in [2.05, 4.69) is 19.2 Å². The van der Waals surface area contributed by atoms with Gasteiger partial charge in [-0.15, -0.1) is 0 Å². The lowest BCUT2D eigenvalue weighted by molar-refractivity contribution is 0.376. The lowest BCUT2D eigenvalue weighted by Gasteiger charge is -2.20. The van der Waals surface area contributed by atoms with Crippen LogP contribution in [-0.4, -0.2) is 12.6 Å². The molecule has 0 spiro atoms. The maximum absolute atomic E-state index is 3.66. The molecule has 0 aromatic rings. The average Bonchev–Trinajstić information content (AvgIpc) is 2.86. The van der Waals surface area contributed by atoms with Gasteiger partial charge in [0, 0.05) is 6.04 Å². The molecule has 70 valence electrons. The van der Waals surface area contributed by atoms with Gasteiger partial charge in [0.05, 0.1) is 0 Å². The molecule has 0 heterocycles. The lowest BCUT2D eigenvalue weighted by Crippen LogP contribution is -2.34. The maximum atomic E-state index is 3.66. The van der Waals surface area contributed by atoms with Gasteiger partial charge < -0.3 is 5.32 Å². The van der Waals surface area contributed by atoms with Gasteiger partial charge in [0.1, 0.15) is 0 Å². The molecular weight excluding hydrogens is 146 g/mol. The van der Waals surface area contributed by atoms with Crippen LogP contribution in [0.15, 0.2) is 0 Å². The fourth-order valence-electron chi connectivity index (χ4n) is 1.79. The molecule has 1 unspecified atom stereocenters. The summed E-state index contributed by atoms with van der Waals surface area (Å²) in [6.07, 6.45) is 7.27. The molecular formula is C11H21N. The van der Waals surface area contributed by atoms with Crippen LogP contribution in [0.2, 0.25) is 0 Å². The Balaban J connectivity index is 1.58. The van der Waals surface area contributed by atoms with Crippen molar-refractivity contribution < 1.29 is 0 Å². The third-order valence-corrected chi connectivity index (χ3v) is 3.78. The van der Waals surface area contributed by atoms with Gasteiger partial charge in [-0.3, -0.25) is 0 Å². The number of hydrogen-bond acceptors (Lipinski definition) is 1. The molecule has 2 aliphatic rings. The average molecular weight is 167 g/mol. The second-order valence-electron chi connectivity index (χ2n) is 5.06. The third-order valence-electron chi connectivity index (χ3n) is 3.78. The lowest BCUT2D eigenvalue weighted by atomic mass is 10.0. The highest BCUT2D eigenvalue weighted by Gasteiger charge is 2.42. The molecule has 0 saturated heterocycles. The smallest absolute Gasteiger partial charge is 0.00925 e. The van der Waals surface area contributed by atoms with Crippen LogP contribution in [0.1, 0.15) is 46.0 Å². The summed E-state index contributed by atoms with van der Waals surface area (Å²) in [7, 11) is 0. The van der Waals surface area contributed by atoms with Crippen molar-refractivity contribution in [2.75, 3.05) is 6.54 Å². The van der Waals surface area contributed by atoms with Crippen LogP contribution >= 0.6 is 0 Å². The van der Waals surface area contributed by atoms with Crippen molar-refractivity contribution in [1.29, 1.82) is 0 Å². The van der Waals surface area contributed by atoms with Crippen molar-refractivity contribution in [3.05, 3.63) is 0 Å². The summed E-state index contributed by atoms with van der Waals surface area (Å²) in [5, 5.41) is 3.66. The van der Waals surface area contributed by atoms with Crippen LogP contribution in [0, 0.1) is 11.3 Å². The molecule has 2 fully saturated rings. The number of nitrogens with one attached hydrogen (secondary N) is 1. The zero-order chi connectivity index (χ0) is 8.60. The highest BCUT2D eigenvalue weighted by molar-refractivity contribution is 4.96. The van der Waals surface area contributed by atoms with E-state index in [1.807, 2.05) is 0 Å². The largest absolute Gasteiger partial charge is 0.314 e. The Bertz CT molecular complexity index is 156. The van der Waals surface area contributed by atoms with Gasteiger partial charge in [0.15, 0.2) is 0 Å². The van der Waals surface area contributed by atoms with Gasteiger partial charge in [0.2, 0.25) is 0 Å². The van der Waals surface area contributed by atoms with Crippen molar-refractivity contribution in [2.45, 2.75) is 52.0 Å². The summed E-state index contributed by atoms with van der Waals surface area (Å²) in [6.45, 7) is 6.00. The molecule has 0 aliphatic heterocycles. The third kappa shape index (κ3) is 2.01. The second kappa shape index (κ2) is 3.02. The zero-order valence-corrected chi connectivity index (χ0v) is 8.40. The van der Waals surface area contributed by atoms with Crippen molar-refractivity contribution in [1.82, 2.24) is 5.32 Å². The van der Waals surface area contributed by atoms with E-state index in [1.54, 1.807) is 0 Å². The minimum absolute atomic E-state index is 0.656. The van der Waals surface area contributed by atoms with Gasteiger partial charge in [-0.05, 0) is 44.1 Å². The topological polar surface area (TPSA) is 12.0 Å². The van der Waals surface area contributed by atoms with Gasteiger partial charge in [-0.1, -0.05) is 19.8 Å². The SMILES string of the molecule is CC(NCCC1CC1)C1(C)CC1. The molecule has 1 nitrogen and oxygen atoms in total. The fourth-order valence-corrected chi connectivity index (χ4v) is 1.79. The van der Waals surface area contributed by atoms with Crippen molar-refractivity contribution in [3.63, 3.8) is 0 Å². The molecule has 2 rings (SSSR count). The molecule has 1 heteroatoms. The normalized spacial score (nSPS) is 28.5. The monoisotopic (exact) mass is 167 g/mol. The molecule has 2 aliphatic carbocycles. The minimum atomic E-state index is 0.656. The van der Waals surface area contributed by atoms with Crippen molar-refractivity contribution in [2.24, 2.45) is 11.3 Å². The van der Waals surface area contributed by atoms with Crippen molar-refractivity contribution in [3.8, 4) is 0 Å². The van der Waals surface area contributed by atoms with Crippen LogP contribution < -0.4 is 5.32 Å². The molecule has 1 atom stereocenters. The summed E-state index contributed by atoms with van der Waals surface area (Å²) in [5.41, 5.74) is 0.656. The maximum Gasteiger partial charge on any atom is 0.00925 e. The predicted octanol–water partition coefficient (Wildman–Crippen LogP) is 2.56. The Hall–Kier alpha value is -0.0400. The number of rotatable bonds is 5. The van der Waals surface area contributed by atoms with Crippen LogP contribution in [0.3, 0.4) is 0 Å². The van der Waals surface area contributed by atoms with E-state index in [4.69, 9.17) is 0 Å². The first-order valence-electron chi connectivity index (χ1n) is 5.44. The highest BCUT2D eigenvalue weighted by atomic mass is 14.9. The molecule has 0 amide bonds. The van der Waals surface area contributed by atoms with Crippen LogP contribution in [0.25, 0.3) is 0 Å². The first kappa shape index (κ1) is 8.55. The molecule has 0 radical (unpaired) electrons. The second-order valence-corrected chi connectivity index (χ2v) is 5.06. The van der Waals surface area contributed by atoms with E-state index in [1.165, 1.54) is 38.6 Å². The molecule has 1 N–H and O–H groups in total. The predicted molar refractivity (Wildman–Crippen MR) is 52.1 cm³/mol. The van der Waals surface area contributed by atoms with Gasteiger partial charge in [-0.2, -0.15) is 0 Å². The Morgan fingerprint density at radius 3 is 2.58 bits per heavy atom. The summed E-state index contributed by atoms with van der Waals surface area (Å²) in [6, 6.07) is 0.747.